The van der Waals surface area contributed by atoms with Crippen molar-refractivity contribution in [2.24, 2.45) is 0 Å². The van der Waals surface area contributed by atoms with Gasteiger partial charge in [0.15, 0.2) is 0 Å². The van der Waals surface area contributed by atoms with Crippen LogP contribution in [0, 0.1) is 11.3 Å². The number of carboxylic acids is 1. The van der Waals surface area contributed by atoms with Crippen molar-refractivity contribution >= 4 is 17.7 Å². The van der Waals surface area contributed by atoms with Crippen LogP contribution >= 0.6 is 11.8 Å². The minimum Gasteiger partial charge on any atom is -0.477 e. The highest BCUT2D eigenvalue weighted by atomic mass is 32.2. The van der Waals surface area contributed by atoms with Crippen LogP contribution in [0.15, 0.2) is 23.2 Å². The van der Waals surface area contributed by atoms with Crippen LogP contribution in [0.5, 0.6) is 0 Å². The minimum absolute atomic E-state index is 0.000129. The van der Waals surface area contributed by atoms with E-state index in [9.17, 15) is 4.79 Å². The predicted molar refractivity (Wildman–Crippen MR) is 52.1 cm³/mol. The summed E-state index contributed by atoms with van der Waals surface area (Å²) in [5.41, 5.74) is 0.000129. The Morgan fingerprint density at radius 2 is 2.43 bits per heavy atom. The van der Waals surface area contributed by atoms with Crippen LogP contribution in [0.4, 0.5) is 0 Å². The van der Waals surface area contributed by atoms with Gasteiger partial charge in [-0.05, 0) is 19.1 Å². The second kappa shape index (κ2) is 4.63. The lowest BCUT2D eigenvalue weighted by atomic mass is 10.4. The smallest absolute Gasteiger partial charge is 0.354 e. The van der Waals surface area contributed by atoms with Gasteiger partial charge in [0.2, 0.25) is 0 Å². The van der Waals surface area contributed by atoms with Crippen LogP contribution in [0.1, 0.15) is 17.4 Å². The third-order valence-electron chi connectivity index (χ3n) is 1.42. The first kappa shape index (κ1) is 10.5. The maximum absolute atomic E-state index is 10.6. The Morgan fingerprint density at radius 1 is 1.71 bits per heavy atom. The zero-order chi connectivity index (χ0) is 10.6. The van der Waals surface area contributed by atoms with Gasteiger partial charge in [-0.25, -0.2) is 9.78 Å². The second-order valence-electron chi connectivity index (χ2n) is 2.56. The zero-order valence-corrected chi connectivity index (χ0v) is 8.28. The molecule has 0 spiro atoms. The fraction of sp³-hybridized carbons (Fsp3) is 0.222. The van der Waals surface area contributed by atoms with E-state index < -0.39 is 5.97 Å². The molecule has 0 aliphatic carbocycles. The molecule has 1 rings (SSSR count). The lowest BCUT2D eigenvalue weighted by molar-refractivity contribution is 0.0689. The predicted octanol–water partition coefficient (Wildman–Crippen LogP) is 1.78. The van der Waals surface area contributed by atoms with Crippen molar-refractivity contribution in [3.63, 3.8) is 0 Å². The van der Waals surface area contributed by atoms with E-state index in [0.717, 1.165) is 0 Å². The first-order valence-electron chi connectivity index (χ1n) is 3.90. The van der Waals surface area contributed by atoms with Crippen LogP contribution in [-0.4, -0.2) is 21.3 Å². The topological polar surface area (TPSA) is 74.0 Å². The monoisotopic (exact) mass is 208 g/mol. The summed E-state index contributed by atoms with van der Waals surface area (Å²) in [6, 6.07) is 6.76. The van der Waals surface area contributed by atoms with E-state index in [1.54, 1.807) is 19.1 Å². The van der Waals surface area contributed by atoms with Crippen molar-refractivity contribution in [1.82, 2.24) is 4.98 Å². The summed E-state index contributed by atoms with van der Waals surface area (Å²) < 4.78 is 0. The van der Waals surface area contributed by atoms with E-state index in [-0.39, 0.29) is 10.9 Å². The molecule has 0 aromatic carbocycles. The third-order valence-corrected chi connectivity index (χ3v) is 2.35. The van der Waals surface area contributed by atoms with Crippen LogP contribution < -0.4 is 0 Å². The summed E-state index contributed by atoms with van der Waals surface area (Å²) in [5.74, 6) is -1.06. The number of hydrogen-bond donors (Lipinski definition) is 1. The Morgan fingerprint density at radius 3 is 3.00 bits per heavy atom. The number of hydrogen-bond acceptors (Lipinski definition) is 4. The quantitative estimate of drug-likeness (QED) is 0.766. The number of aromatic nitrogens is 1. The largest absolute Gasteiger partial charge is 0.477 e. The van der Waals surface area contributed by atoms with Gasteiger partial charge in [0.1, 0.15) is 5.69 Å². The van der Waals surface area contributed by atoms with Gasteiger partial charge in [0.05, 0.1) is 16.3 Å². The maximum Gasteiger partial charge on any atom is 0.354 e. The van der Waals surface area contributed by atoms with E-state index in [0.29, 0.717) is 5.03 Å². The molecule has 5 heteroatoms. The maximum atomic E-state index is 10.6. The van der Waals surface area contributed by atoms with Crippen molar-refractivity contribution in [3.8, 4) is 6.07 Å². The Kier molecular flexibility index (Phi) is 3.48. The molecule has 0 saturated heterocycles. The summed E-state index contributed by atoms with van der Waals surface area (Å²) in [4.78, 5) is 14.4. The van der Waals surface area contributed by atoms with Crippen molar-refractivity contribution in [3.05, 3.63) is 23.9 Å². The number of rotatable bonds is 3. The van der Waals surface area contributed by atoms with Gasteiger partial charge in [0, 0.05) is 0 Å². The third kappa shape index (κ3) is 2.75. The zero-order valence-electron chi connectivity index (χ0n) is 7.47. The highest BCUT2D eigenvalue weighted by Crippen LogP contribution is 2.20. The molecule has 14 heavy (non-hydrogen) atoms. The number of pyridine rings is 1. The highest BCUT2D eigenvalue weighted by Gasteiger charge is 2.07. The number of thioether (sulfide) groups is 1. The van der Waals surface area contributed by atoms with Crippen molar-refractivity contribution in [2.45, 2.75) is 17.2 Å². The first-order chi connectivity index (χ1) is 6.63. The van der Waals surface area contributed by atoms with Crippen LogP contribution in [0.3, 0.4) is 0 Å². The Bertz CT molecular complexity index is 387. The van der Waals surface area contributed by atoms with Crippen molar-refractivity contribution < 1.29 is 9.90 Å². The lowest BCUT2D eigenvalue weighted by Gasteiger charge is -2.01. The molecule has 0 radical (unpaired) electrons. The molecule has 1 N–H and O–H groups in total. The normalized spacial score (nSPS) is 11.7. The molecule has 1 aromatic rings. The Hall–Kier alpha value is -1.54. The van der Waals surface area contributed by atoms with Crippen LogP contribution in [0.25, 0.3) is 0 Å². The van der Waals surface area contributed by atoms with E-state index in [4.69, 9.17) is 10.4 Å². The molecule has 1 aromatic heterocycles. The summed E-state index contributed by atoms with van der Waals surface area (Å²) in [6.45, 7) is 1.74. The molecule has 4 nitrogen and oxygen atoms in total. The molecule has 0 aliphatic rings. The average molecular weight is 208 g/mol. The van der Waals surface area contributed by atoms with Crippen molar-refractivity contribution in [2.75, 3.05) is 0 Å². The number of nitrogens with zero attached hydrogens (tertiary/aromatic N) is 2. The minimum atomic E-state index is -1.06. The molecule has 72 valence electrons. The fourth-order valence-corrected chi connectivity index (χ4v) is 1.53. The van der Waals surface area contributed by atoms with E-state index >= 15 is 0 Å². The fourth-order valence-electron chi connectivity index (χ4n) is 0.807. The molecule has 0 fully saturated rings. The standard InChI is InChI=1S/C9H8N2O2S/c1-6(5-10)14-8-4-2-3-7(11-8)9(12)13/h2-4,6H,1H3,(H,12,13). The van der Waals surface area contributed by atoms with Gasteiger partial charge >= 0.3 is 5.97 Å². The molecule has 0 bridgehead atoms. The van der Waals surface area contributed by atoms with E-state index in [1.165, 1.54) is 17.8 Å². The Balaban J connectivity index is 2.85. The van der Waals surface area contributed by atoms with Gasteiger partial charge in [-0.15, -0.1) is 0 Å². The lowest BCUT2D eigenvalue weighted by Crippen LogP contribution is -2.01. The van der Waals surface area contributed by atoms with Gasteiger partial charge in [-0.1, -0.05) is 17.8 Å². The van der Waals surface area contributed by atoms with Gasteiger partial charge in [-0.2, -0.15) is 5.26 Å². The molecular weight excluding hydrogens is 200 g/mol. The highest BCUT2D eigenvalue weighted by molar-refractivity contribution is 8.00. The average Bonchev–Trinajstić information content (AvgIpc) is 2.18. The summed E-state index contributed by atoms with van der Waals surface area (Å²) in [7, 11) is 0. The SMILES string of the molecule is CC(C#N)Sc1cccc(C(=O)O)n1. The van der Waals surface area contributed by atoms with Crippen LogP contribution in [-0.2, 0) is 0 Å². The molecule has 0 amide bonds. The van der Waals surface area contributed by atoms with Crippen molar-refractivity contribution in [1.29, 1.82) is 5.26 Å². The molecule has 1 atom stereocenters. The van der Waals surface area contributed by atoms with Gasteiger partial charge < -0.3 is 5.11 Å². The molecule has 0 aliphatic heterocycles. The number of nitriles is 1. The van der Waals surface area contributed by atoms with Gasteiger partial charge in [-0.3, -0.25) is 0 Å². The first-order valence-corrected chi connectivity index (χ1v) is 4.78. The summed E-state index contributed by atoms with van der Waals surface area (Å²) in [5, 5.41) is 17.5. The number of aromatic carboxylic acids is 1. The molecular formula is C9H8N2O2S. The second-order valence-corrected chi connectivity index (χ2v) is 3.92. The number of carbonyl (C=O) groups is 1. The number of carboxylic acid groups (broad SMARTS) is 1. The van der Waals surface area contributed by atoms with E-state index in [1.807, 2.05) is 6.07 Å². The summed E-state index contributed by atoms with van der Waals surface area (Å²) in [6.07, 6.45) is 0. The van der Waals surface area contributed by atoms with Crippen LogP contribution in [0.2, 0.25) is 0 Å². The molecule has 1 unspecified atom stereocenters. The summed E-state index contributed by atoms with van der Waals surface area (Å²) >= 11 is 1.24. The van der Waals surface area contributed by atoms with Gasteiger partial charge in [0.25, 0.3) is 0 Å². The molecule has 1 heterocycles. The molecule has 0 saturated carbocycles. The Labute approximate surface area is 85.6 Å². The van der Waals surface area contributed by atoms with E-state index in [2.05, 4.69) is 4.98 Å².